The van der Waals surface area contributed by atoms with E-state index in [0.717, 1.165) is 74.6 Å². The smallest absolute Gasteiger partial charge is 0.211 e. The Morgan fingerprint density at radius 2 is 1.30 bits per heavy atom. The molecule has 0 bridgehead atoms. The molecule has 0 atom stereocenters. The maximum Gasteiger partial charge on any atom is 0.211 e. The normalized spacial score (nSPS) is 12.0. The quantitative estimate of drug-likeness (QED) is 0.0889. The van der Waals surface area contributed by atoms with E-state index in [1.54, 1.807) is 34.0 Å². The van der Waals surface area contributed by atoms with Crippen LogP contribution in [-0.4, -0.2) is 19.8 Å². The number of thiophene rings is 4. The number of hydrogen-bond donors (Lipinski definition) is 0. The molecular weight excluding hydrogens is 652 g/mol. The van der Waals surface area contributed by atoms with E-state index in [1.807, 2.05) is 13.8 Å². The van der Waals surface area contributed by atoms with Gasteiger partial charge in [0.2, 0.25) is 5.06 Å². The lowest BCUT2D eigenvalue weighted by Gasteiger charge is -2.14. The molecule has 0 saturated heterocycles. The number of benzene rings is 2. The third-order valence-corrected chi connectivity index (χ3v) is 13.4. The highest BCUT2D eigenvalue weighted by Crippen LogP contribution is 2.52. The van der Waals surface area contributed by atoms with Crippen molar-refractivity contribution in [2.75, 3.05) is 19.8 Å². The zero-order valence-electron chi connectivity index (χ0n) is 27.7. The van der Waals surface area contributed by atoms with Gasteiger partial charge in [-0.1, -0.05) is 76.0 Å². The molecule has 0 spiro atoms. The molecule has 6 rings (SSSR count). The van der Waals surface area contributed by atoms with Crippen LogP contribution in [0.25, 0.3) is 50.8 Å². The van der Waals surface area contributed by atoms with Gasteiger partial charge in [0.05, 0.1) is 39.5 Å². The maximum atomic E-state index is 16.0. The van der Waals surface area contributed by atoms with Crippen molar-refractivity contribution < 1.29 is 18.6 Å². The minimum absolute atomic E-state index is 0.207. The Kier molecular flexibility index (Phi) is 11.1. The van der Waals surface area contributed by atoms with Gasteiger partial charge in [-0.2, -0.15) is 0 Å². The fourth-order valence-corrected chi connectivity index (χ4v) is 10.9. The van der Waals surface area contributed by atoms with Crippen LogP contribution < -0.4 is 14.2 Å². The summed E-state index contributed by atoms with van der Waals surface area (Å²) in [6, 6.07) is 8.89. The molecule has 4 aromatic heterocycles. The van der Waals surface area contributed by atoms with E-state index in [4.69, 9.17) is 14.2 Å². The largest absolute Gasteiger partial charge is 0.493 e. The highest BCUT2D eigenvalue weighted by Gasteiger charge is 2.24. The second-order valence-electron chi connectivity index (χ2n) is 12.1. The van der Waals surface area contributed by atoms with E-state index in [2.05, 4.69) is 45.0 Å². The lowest BCUT2D eigenvalue weighted by molar-refractivity contribution is 0.300. The summed E-state index contributed by atoms with van der Waals surface area (Å²) >= 11 is 6.61. The summed E-state index contributed by atoms with van der Waals surface area (Å²) in [7, 11) is 0. The van der Waals surface area contributed by atoms with Crippen LogP contribution in [0.3, 0.4) is 0 Å². The lowest BCUT2D eigenvalue weighted by atomic mass is 10.0. The van der Waals surface area contributed by atoms with Gasteiger partial charge in [0, 0.05) is 35.5 Å². The molecule has 0 fully saturated rings. The van der Waals surface area contributed by atoms with Gasteiger partial charge in [-0.05, 0) is 63.8 Å². The molecule has 0 aliphatic heterocycles. The summed E-state index contributed by atoms with van der Waals surface area (Å²) in [5, 5.41) is 5.51. The van der Waals surface area contributed by atoms with Gasteiger partial charge in [-0.15, -0.1) is 34.0 Å². The lowest BCUT2D eigenvalue weighted by Crippen LogP contribution is -1.97. The van der Waals surface area contributed by atoms with E-state index in [1.165, 1.54) is 67.6 Å². The van der Waals surface area contributed by atoms with Crippen molar-refractivity contribution in [3.8, 4) is 26.3 Å². The second-order valence-corrected chi connectivity index (χ2v) is 16.6. The SMILES string of the molecule is CCCCCCCCCCCCOc1sc2c(C)sc(-c3cc4cc5c(OCC)c6sc(C)cc6c(OCC)c5cc4s3)c2c1F. The third-order valence-electron chi connectivity index (χ3n) is 8.61. The first-order chi connectivity index (χ1) is 22.4. The van der Waals surface area contributed by atoms with Crippen LogP contribution in [0, 0.1) is 19.7 Å². The number of fused-ring (bicyclic) bond motifs is 4. The van der Waals surface area contributed by atoms with Crippen molar-refractivity contribution in [3.05, 3.63) is 39.8 Å². The van der Waals surface area contributed by atoms with Crippen LogP contribution in [-0.2, 0) is 0 Å². The second kappa shape index (κ2) is 15.2. The molecule has 0 unspecified atom stereocenters. The van der Waals surface area contributed by atoms with Crippen molar-refractivity contribution in [3.63, 3.8) is 0 Å². The van der Waals surface area contributed by atoms with Crippen molar-refractivity contribution in [2.24, 2.45) is 0 Å². The number of rotatable bonds is 17. The Bertz CT molecular complexity index is 1860. The van der Waals surface area contributed by atoms with Crippen LogP contribution in [0.2, 0.25) is 0 Å². The van der Waals surface area contributed by atoms with Crippen molar-refractivity contribution >= 4 is 86.4 Å². The van der Waals surface area contributed by atoms with E-state index < -0.39 is 0 Å². The molecule has 0 amide bonds. The highest BCUT2D eigenvalue weighted by atomic mass is 32.1. The maximum absolute atomic E-state index is 16.0. The van der Waals surface area contributed by atoms with Gasteiger partial charge in [0.15, 0.2) is 5.82 Å². The summed E-state index contributed by atoms with van der Waals surface area (Å²) in [4.78, 5) is 4.45. The molecule has 0 N–H and O–H groups in total. The van der Waals surface area contributed by atoms with Gasteiger partial charge < -0.3 is 14.2 Å². The number of unbranched alkanes of at least 4 members (excludes halogenated alkanes) is 9. The average Bonchev–Trinajstić information content (AvgIpc) is 3.80. The zero-order chi connectivity index (χ0) is 32.2. The van der Waals surface area contributed by atoms with Gasteiger partial charge >= 0.3 is 0 Å². The van der Waals surface area contributed by atoms with Crippen LogP contribution in [0.15, 0.2) is 24.3 Å². The molecule has 0 saturated carbocycles. The van der Waals surface area contributed by atoms with Crippen LogP contribution in [0.1, 0.15) is 94.7 Å². The van der Waals surface area contributed by atoms with Crippen LogP contribution in [0.4, 0.5) is 4.39 Å². The minimum Gasteiger partial charge on any atom is -0.493 e. The van der Waals surface area contributed by atoms with E-state index in [-0.39, 0.29) is 5.82 Å². The predicted octanol–water partition coefficient (Wildman–Crippen LogP) is 14.1. The number of ether oxygens (including phenoxy) is 3. The minimum atomic E-state index is -0.207. The monoisotopic (exact) mass is 696 g/mol. The summed E-state index contributed by atoms with van der Waals surface area (Å²) < 4.78 is 37.9. The highest BCUT2D eigenvalue weighted by molar-refractivity contribution is 7.30. The first-order valence-corrected chi connectivity index (χ1v) is 20.2. The summed E-state index contributed by atoms with van der Waals surface area (Å²) in [5.74, 6) is 1.63. The molecule has 0 aliphatic carbocycles. The molecule has 4 heterocycles. The fraction of sp³-hybridized carbons (Fsp3) is 0.474. The standard InChI is InChI=1S/C38H45FO3S4/c1-6-9-10-11-12-13-14-15-16-17-18-42-38-32(39)31-35(46-38)24(5)44-37(31)30-21-25-20-26-27(22-29(25)45-30)33(40-7-2)28-19-23(4)43-36(28)34(26)41-8-3/h19-22H,6-18H2,1-5H3. The molecule has 6 aromatic rings. The van der Waals surface area contributed by atoms with E-state index >= 15 is 4.39 Å². The fourth-order valence-electron chi connectivity index (χ4n) is 6.39. The van der Waals surface area contributed by atoms with Crippen molar-refractivity contribution in [1.29, 1.82) is 0 Å². The summed E-state index contributed by atoms with van der Waals surface area (Å²) in [5.41, 5.74) is 0. The Morgan fingerprint density at radius 1 is 0.630 bits per heavy atom. The Labute approximate surface area is 288 Å². The average molecular weight is 697 g/mol. The molecule has 8 heteroatoms. The number of aryl methyl sites for hydroxylation is 2. The van der Waals surface area contributed by atoms with Crippen LogP contribution >= 0.6 is 45.3 Å². The van der Waals surface area contributed by atoms with Crippen molar-refractivity contribution in [1.82, 2.24) is 0 Å². The third kappa shape index (κ3) is 6.78. The molecule has 246 valence electrons. The molecule has 2 aromatic carbocycles. The molecule has 3 nitrogen and oxygen atoms in total. The van der Waals surface area contributed by atoms with Crippen molar-refractivity contribution in [2.45, 2.75) is 98.8 Å². The molecule has 46 heavy (non-hydrogen) atoms. The van der Waals surface area contributed by atoms with E-state index in [9.17, 15) is 0 Å². The molecule has 0 radical (unpaired) electrons. The Balaban J connectivity index is 1.24. The van der Waals surface area contributed by atoms with Gasteiger partial charge in [0.1, 0.15) is 11.5 Å². The Hall–Kier alpha value is -2.39. The molecule has 0 aliphatic rings. The van der Waals surface area contributed by atoms with Gasteiger partial charge in [0.25, 0.3) is 0 Å². The topological polar surface area (TPSA) is 27.7 Å². The summed E-state index contributed by atoms with van der Waals surface area (Å²) in [6.45, 7) is 12.3. The van der Waals surface area contributed by atoms with Gasteiger partial charge in [-0.25, -0.2) is 4.39 Å². The summed E-state index contributed by atoms with van der Waals surface area (Å²) in [6.07, 6.45) is 12.7. The number of halogens is 1. The molecular formula is C38H45FO3S4. The predicted molar refractivity (Wildman–Crippen MR) is 203 cm³/mol. The first kappa shape index (κ1) is 33.5. The Morgan fingerprint density at radius 3 is 2.02 bits per heavy atom. The number of hydrogen-bond acceptors (Lipinski definition) is 7. The zero-order valence-corrected chi connectivity index (χ0v) is 31.0. The van der Waals surface area contributed by atoms with E-state index in [0.29, 0.717) is 30.3 Å². The van der Waals surface area contributed by atoms with Crippen LogP contribution in [0.5, 0.6) is 16.6 Å². The van der Waals surface area contributed by atoms with Gasteiger partial charge in [-0.3, -0.25) is 0 Å². The first-order valence-electron chi connectivity index (χ1n) is 17.0.